The van der Waals surface area contributed by atoms with E-state index in [2.05, 4.69) is 20.9 Å². The van der Waals surface area contributed by atoms with Crippen LogP contribution in [0.25, 0.3) is 0 Å². The third-order valence-electron chi connectivity index (χ3n) is 2.90. The quantitative estimate of drug-likeness (QED) is 0.814. The van der Waals surface area contributed by atoms with Gasteiger partial charge in [-0.05, 0) is 28.1 Å². The Hall–Kier alpha value is -1.71. The number of carboxylic acids is 1. The maximum absolute atomic E-state index is 12.6. The van der Waals surface area contributed by atoms with Crippen molar-refractivity contribution in [3.8, 4) is 0 Å². The van der Waals surface area contributed by atoms with Crippen LogP contribution in [0.1, 0.15) is 23.2 Å². The van der Waals surface area contributed by atoms with Crippen LogP contribution < -0.4 is 0 Å². The zero-order chi connectivity index (χ0) is 16.3. The highest BCUT2D eigenvalue weighted by atomic mass is 79.9. The third kappa shape index (κ3) is 3.37. The lowest BCUT2D eigenvalue weighted by molar-refractivity contribution is 0.0661. The van der Waals surface area contributed by atoms with Gasteiger partial charge in [0.05, 0.1) is 12.2 Å². The van der Waals surface area contributed by atoms with Crippen molar-refractivity contribution in [3.63, 3.8) is 0 Å². The number of hydrogen-bond acceptors (Lipinski definition) is 5. The molecule has 0 unspecified atom stereocenters. The van der Waals surface area contributed by atoms with E-state index in [4.69, 9.17) is 9.52 Å². The molecule has 0 saturated heterocycles. The molecule has 0 fully saturated rings. The summed E-state index contributed by atoms with van der Waals surface area (Å²) < 4.78 is 31.2. The molecule has 9 heteroatoms. The number of aromatic nitrogens is 1. The number of carbonyl (C=O) groups is 1. The number of furan rings is 1. The monoisotopic (exact) mass is 388 g/mol. The largest absolute Gasteiger partial charge is 0.475 e. The first-order valence-corrected chi connectivity index (χ1v) is 8.52. The Bertz CT molecular complexity index is 773. The lowest BCUT2D eigenvalue weighted by atomic mass is 10.3. The Morgan fingerprint density at radius 2 is 2.18 bits per heavy atom. The maximum Gasteiger partial charge on any atom is 0.371 e. The molecule has 0 aliphatic rings. The minimum atomic E-state index is -3.90. The van der Waals surface area contributed by atoms with Crippen LogP contribution in [-0.2, 0) is 16.6 Å². The summed E-state index contributed by atoms with van der Waals surface area (Å²) in [5.74, 6) is -1.78. The number of halogens is 1. The molecule has 2 rings (SSSR count). The van der Waals surface area contributed by atoms with Gasteiger partial charge in [0, 0.05) is 18.8 Å². The fraction of sp³-hybridized carbons (Fsp3) is 0.231. The summed E-state index contributed by atoms with van der Waals surface area (Å²) in [5.41, 5.74) is 0.589. The highest BCUT2D eigenvalue weighted by Gasteiger charge is 2.30. The van der Waals surface area contributed by atoms with Gasteiger partial charge >= 0.3 is 5.97 Å². The third-order valence-corrected chi connectivity index (χ3v) is 5.68. The van der Waals surface area contributed by atoms with E-state index in [-0.39, 0.29) is 22.7 Å². The summed E-state index contributed by atoms with van der Waals surface area (Å²) in [7, 11) is -3.90. The Morgan fingerprint density at radius 1 is 1.45 bits per heavy atom. The Labute approximate surface area is 135 Å². The van der Waals surface area contributed by atoms with Gasteiger partial charge in [-0.1, -0.05) is 13.0 Å². The van der Waals surface area contributed by atoms with Gasteiger partial charge in [-0.2, -0.15) is 4.31 Å². The summed E-state index contributed by atoms with van der Waals surface area (Å²) in [6, 6.07) is 6.20. The average Bonchev–Trinajstić information content (AvgIpc) is 2.88. The van der Waals surface area contributed by atoms with E-state index in [0.29, 0.717) is 5.69 Å². The average molecular weight is 389 g/mol. The molecule has 0 bridgehead atoms. The summed E-state index contributed by atoms with van der Waals surface area (Å²) >= 11 is 2.95. The molecule has 0 saturated carbocycles. The van der Waals surface area contributed by atoms with E-state index in [1.807, 2.05) is 0 Å². The fourth-order valence-corrected chi connectivity index (χ4v) is 4.13. The first kappa shape index (κ1) is 16.7. The summed E-state index contributed by atoms with van der Waals surface area (Å²) in [4.78, 5) is 14.8. The van der Waals surface area contributed by atoms with Gasteiger partial charge in [0.15, 0.2) is 4.67 Å². The molecule has 2 aromatic heterocycles. The summed E-state index contributed by atoms with van der Waals surface area (Å²) in [5, 5.41) is 8.89. The van der Waals surface area contributed by atoms with Crippen LogP contribution in [0.15, 0.2) is 44.4 Å². The molecule has 0 atom stereocenters. The van der Waals surface area contributed by atoms with Gasteiger partial charge in [-0.3, -0.25) is 4.98 Å². The van der Waals surface area contributed by atoms with E-state index < -0.39 is 21.8 Å². The molecular weight excluding hydrogens is 376 g/mol. The van der Waals surface area contributed by atoms with Crippen molar-refractivity contribution in [2.24, 2.45) is 0 Å². The van der Waals surface area contributed by atoms with Crippen LogP contribution in [0.5, 0.6) is 0 Å². The molecule has 0 aliphatic carbocycles. The maximum atomic E-state index is 12.6. The molecule has 0 aromatic carbocycles. The van der Waals surface area contributed by atoms with Crippen LogP contribution in [0, 0.1) is 0 Å². The zero-order valence-electron chi connectivity index (χ0n) is 11.6. The van der Waals surface area contributed by atoms with Gasteiger partial charge < -0.3 is 9.52 Å². The van der Waals surface area contributed by atoms with E-state index in [1.54, 1.807) is 31.3 Å². The molecule has 0 radical (unpaired) electrons. The number of carboxylic acid groups (broad SMARTS) is 1. The number of aromatic carboxylic acids is 1. The second kappa shape index (κ2) is 6.59. The van der Waals surface area contributed by atoms with Crippen molar-refractivity contribution < 1.29 is 22.7 Å². The second-order valence-electron chi connectivity index (χ2n) is 4.31. The van der Waals surface area contributed by atoms with Crippen LogP contribution in [-0.4, -0.2) is 35.3 Å². The van der Waals surface area contributed by atoms with Crippen molar-refractivity contribution in [1.82, 2.24) is 9.29 Å². The van der Waals surface area contributed by atoms with E-state index in [9.17, 15) is 13.2 Å². The number of rotatable bonds is 6. The van der Waals surface area contributed by atoms with Gasteiger partial charge in [0.25, 0.3) is 0 Å². The smallest absolute Gasteiger partial charge is 0.371 e. The fourth-order valence-electron chi connectivity index (χ4n) is 1.81. The standard InChI is InChI=1S/C13H13BrN2O5S/c1-2-16(8-9-5-3-4-6-15-9)22(19,20)11-7-10(13(17)18)21-12(11)14/h3-7H,2,8H2,1H3,(H,17,18). The molecule has 7 nitrogen and oxygen atoms in total. The molecule has 0 spiro atoms. The first-order valence-electron chi connectivity index (χ1n) is 6.29. The van der Waals surface area contributed by atoms with Crippen LogP contribution in [0.3, 0.4) is 0 Å². The van der Waals surface area contributed by atoms with Gasteiger partial charge in [0.1, 0.15) is 4.90 Å². The molecule has 1 N–H and O–H groups in total. The zero-order valence-corrected chi connectivity index (χ0v) is 14.0. The molecule has 22 heavy (non-hydrogen) atoms. The van der Waals surface area contributed by atoms with Gasteiger partial charge in [-0.25, -0.2) is 13.2 Å². The van der Waals surface area contributed by atoms with Crippen molar-refractivity contribution in [2.75, 3.05) is 6.54 Å². The predicted octanol–water partition coefficient (Wildman–Crippen LogP) is 2.35. The number of pyridine rings is 1. The highest BCUT2D eigenvalue weighted by Crippen LogP contribution is 2.29. The van der Waals surface area contributed by atoms with Gasteiger partial charge in [0.2, 0.25) is 15.8 Å². The lowest BCUT2D eigenvalue weighted by Crippen LogP contribution is -2.30. The predicted molar refractivity (Wildman–Crippen MR) is 80.9 cm³/mol. The van der Waals surface area contributed by atoms with Crippen molar-refractivity contribution in [2.45, 2.75) is 18.4 Å². The molecule has 2 heterocycles. The minimum Gasteiger partial charge on any atom is -0.475 e. The molecule has 118 valence electrons. The van der Waals surface area contributed by atoms with Crippen LogP contribution in [0.4, 0.5) is 0 Å². The first-order chi connectivity index (χ1) is 10.4. The van der Waals surface area contributed by atoms with Crippen molar-refractivity contribution in [1.29, 1.82) is 0 Å². The lowest BCUT2D eigenvalue weighted by Gasteiger charge is -2.19. The van der Waals surface area contributed by atoms with Crippen molar-refractivity contribution in [3.05, 3.63) is 46.6 Å². The number of sulfonamides is 1. The van der Waals surface area contributed by atoms with Crippen molar-refractivity contribution >= 4 is 31.9 Å². The summed E-state index contributed by atoms with van der Waals surface area (Å²) in [6.45, 7) is 1.98. The summed E-state index contributed by atoms with van der Waals surface area (Å²) in [6.07, 6.45) is 1.58. The molecule has 0 amide bonds. The highest BCUT2D eigenvalue weighted by molar-refractivity contribution is 9.10. The Balaban J connectivity index is 2.37. The Kier molecular flexibility index (Phi) is 4.99. The Morgan fingerprint density at radius 3 is 2.68 bits per heavy atom. The SMILES string of the molecule is CCN(Cc1ccccn1)S(=O)(=O)c1cc(C(=O)O)oc1Br. The van der Waals surface area contributed by atoms with Crippen LogP contribution in [0.2, 0.25) is 0 Å². The normalized spacial score (nSPS) is 11.8. The van der Waals surface area contributed by atoms with Crippen LogP contribution >= 0.6 is 15.9 Å². The number of hydrogen-bond donors (Lipinski definition) is 1. The molecule has 2 aromatic rings. The van der Waals surface area contributed by atoms with E-state index in [1.165, 1.54) is 4.31 Å². The topological polar surface area (TPSA) is 101 Å². The number of nitrogens with zero attached hydrogens (tertiary/aromatic N) is 2. The van der Waals surface area contributed by atoms with Gasteiger partial charge in [-0.15, -0.1) is 0 Å². The molecule has 0 aliphatic heterocycles. The minimum absolute atomic E-state index is 0.0830. The van der Waals surface area contributed by atoms with E-state index in [0.717, 1.165) is 6.07 Å². The second-order valence-corrected chi connectivity index (χ2v) is 6.93. The van der Waals surface area contributed by atoms with E-state index >= 15 is 0 Å². The molecular formula is C13H13BrN2O5S.